The maximum absolute atomic E-state index is 5.88. The number of aryl methyl sites for hydroxylation is 1. The highest BCUT2D eigenvalue weighted by Gasteiger charge is 2.11. The van der Waals surface area contributed by atoms with E-state index in [1.165, 1.54) is 11.8 Å². The second kappa shape index (κ2) is 4.98. The third kappa shape index (κ3) is 2.74. The van der Waals surface area contributed by atoms with Crippen molar-refractivity contribution < 1.29 is 4.42 Å². The first-order valence-electron chi connectivity index (χ1n) is 5.20. The summed E-state index contributed by atoms with van der Waals surface area (Å²) in [5, 5.41) is 0.964. The SMILES string of the molecule is Cc1coc(Sc2nc(Cl)nc(-n3ccnc3)n2)n1. The molecule has 3 rings (SSSR count). The highest BCUT2D eigenvalue weighted by Crippen LogP contribution is 2.24. The predicted octanol–water partition coefficient (Wildman–Crippen LogP) is 2.16. The molecule has 0 aromatic carbocycles. The highest BCUT2D eigenvalue weighted by molar-refractivity contribution is 7.98. The minimum atomic E-state index is 0.101. The molecule has 0 bridgehead atoms. The molecule has 0 atom stereocenters. The maximum atomic E-state index is 5.88. The van der Waals surface area contributed by atoms with Crippen LogP contribution in [0.3, 0.4) is 0 Å². The Morgan fingerprint density at radius 3 is 2.84 bits per heavy atom. The van der Waals surface area contributed by atoms with Crippen LogP contribution in [-0.4, -0.2) is 29.5 Å². The fraction of sp³-hybridized carbons (Fsp3) is 0.100. The van der Waals surface area contributed by atoms with Crippen molar-refractivity contribution in [1.29, 1.82) is 0 Å². The molecule has 0 saturated heterocycles. The lowest BCUT2D eigenvalue weighted by Gasteiger charge is -2.02. The number of halogens is 1. The number of hydrogen-bond donors (Lipinski definition) is 0. The van der Waals surface area contributed by atoms with Crippen molar-refractivity contribution in [2.75, 3.05) is 0 Å². The Hall–Kier alpha value is -1.93. The molecule has 0 radical (unpaired) electrons. The number of nitrogens with zero attached hydrogens (tertiary/aromatic N) is 6. The van der Waals surface area contributed by atoms with Gasteiger partial charge < -0.3 is 4.42 Å². The van der Waals surface area contributed by atoms with Gasteiger partial charge >= 0.3 is 0 Å². The number of hydrogen-bond acceptors (Lipinski definition) is 7. The first-order chi connectivity index (χ1) is 9.20. The van der Waals surface area contributed by atoms with Crippen LogP contribution in [0.1, 0.15) is 5.69 Å². The van der Waals surface area contributed by atoms with Gasteiger partial charge in [0.2, 0.25) is 16.4 Å². The zero-order valence-corrected chi connectivity index (χ0v) is 11.3. The number of aromatic nitrogens is 6. The lowest BCUT2D eigenvalue weighted by molar-refractivity contribution is 0.453. The molecule has 9 heteroatoms. The van der Waals surface area contributed by atoms with Crippen molar-refractivity contribution >= 4 is 23.4 Å². The first-order valence-corrected chi connectivity index (χ1v) is 6.40. The average molecular weight is 295 g/mol. The minimum absolute atomic E-state index is 0.101. The average Bonchev–Trinajstić information content (AvgIpc) is 3.00. The number of imidazole rings is 1. The molecule has 0 aliphatic carbocycles. The lowest BCUT2D eigenvalue weighted by Crippen LogP contribution is -2.02. The molecule has 96 valence electrons. The summed E-state index contributed by atoms with van der Waals surface area (Å²) in [5.74, 6) is 0.392. The van der Waals surface area contributed by atoms with Crippen LogP contribution in [0.25, 0.3) is 5.95 Å². The predicted molar refractivity (Wildman–Crippen MR) is 67.3 cm³/mol. The largest absolute Gasteiger partial charge is 0.439 e. The molecule has 0 unspecified atom stereocenters. The quantitative estimate of drug-likeness (QED) is 0.732. The molecular weight excluding hydrogens is 288 g/mol. The molecule has 0 fully saturated rings. The van der Waals surface area contributed by atoms with Gasteiger partial charge in [-0.1, -0.05) is 0 Å². The lowest BCUT2D eigenvalue weighted by atomic mass is 10.6. The van der Waals surface area contributed by atoms with Crippen molar-refractivity contribution in [2.24, 2.45) is 0 Å². The monoisotopic (exact) mass is 294 g/mol. The summed E-state index contributed by atoms with van der Waals surface area (Å²) in [4.78, 5) is 20.4. The van der Waals surface area contributed by atoms with Gasteiger partial charge in [-0.25, -0.2) is 9.97 Å². The summed E-state index contributed by atoms with van der Waals surface area (Å²) in [6.45, 7) is 1.84. The molecule has 3 aromatic rings. The highest BCUT2D eigenvalue weighted by atomic mass is 35.5. The van der Waals surface area contributed by atoms with Crippen molar-refractivity contribution in [3.05, 3.63) is 36.0 Å². The summed E-state index contributed by atoms with van der Waals surface area (Å²) in [6.07, 6.45) is 6.48. The first kappa shape index (κ1) is 12.1. The van der Waals surface area contributed by atoms with Gasteiger partial charge in [0.1, 0.15) is 12.6 Å². The summed E-state index contributed by atoms with van der Waals surface area (Å²) in [5.41, 5.74) is 0.789. The van der Waals surface area contributed by atoms with Gasteiger partial charge in [-0.2, -0.15) is 15.0 Å². The summed E-state index contributed by atoms with van der Waals surface area (Å²) >= 11 is 7.05. The van der Waals surface area contributed by atoms with E-state index in [-0.39, 0.29) is 5.28 Å². The van der Waals surface area contributed by atoms with Gasteiger partial charge in [0.15, 0.2) is 0 Å². The van der Waals surface area contributed by atoms with Crippen LogP contribution < -0.4 is 0 Å². The second-order valence-electron chi connectivity index (χ2n) is 3.51. The van der Waals surface area contributed by atoms with E-state index < -0.39 is 0 Å². The molecule has 19 heavy (non-hydrogen) atoms. The molecular formula is C10H7ClN6OS. The fourth-order valence-corrected chi connectivity index (χ4v) is 2.23. The third-order valence-electron chi connectivity index (χ3n) is 2.09. The molecule has 0 N–H and O–H groups in total. The van der Waals surface area contributed by atoms with Gasteiger partial charge in [-0.15, -0.1) is 0 Å². The van der Waals surface area contributed by atoms with Crippen LogP contribution >= 0.6 is 23.4 Å². The van der Waals surface area contributed by atoms with Gasteiger partial charge in [-0.05, 0) is 18.5 Å². The van der Waals surface area contributed by atoms with E-state index in [1.807, 2.05) is 6.92 Å². The Balaban J connectivity index is 1.94. The van der Waals surface area contributed by atoms with Crippen LogP contribution in [-0.2, 0) is 0 Å². The summed E-state index contributed by atoms with van der Waals surface area (Å²) < 4.78 is 6.87. The smallest absolute Gasteiger partial charge is 0.263 e. The van der Waals surface area contributed by atoms with E-state index in [0.717, 1.165) is 5.69 Å². The van der Waals surface area contributed by atoms with E-state index in [0.29, 0.717) is 16.3 Å². The molecule has 0 aliphatic rings. The molecule has 3 aromatic heterocycles. The second-order valence-corrected chi connectivity index (χ2v) is 4.77. The zero-order valence-electron chi connectivity index (χ0n) is 9.69. The number of rotatable bonds is 3. The Morgan fingerprint density at radius 1 is 1.26 bits per heavy atom. The molecule has 0 amide bonds. The van der Waals surface area contributed by atoms with Gasteiger partial charge in [0, 0.05) is 24.2 Å². The standard InChI is InChI=1S/C10H7ClN6OS/c1-6-4-18-10(13-6)19-9-15-7(11)14-8(16-9)17-3-2-12-5-17/h2-5H,1H3. The Kier molecular flexibility index (Phi) is 3.18. The van der Waals surface area contributed by atoms with Gasteiger partial charge in [-0.3, -0.25) is 4.57 Å². The third-order valence-corrected chi connectivity index (χ3v) is 2.98. The van der Waals surface area contributed by atoms with E-state index >= 15 is 0 Å². The topological polar surface area (TPSA) is 82.5 Å². The Bertz CT molecular complexity index is 698. The van der Waals surface area contributed by atoms with Gasteiger partial charge in [0.05, 0.1) is 5.69 Å². The van der Waals surface area contributed by atoms with E-state index in [9.17, 15) is 0 Å². The number of oxazole rings is 1. The van der Waals surface area contributed by atoms with Crippen molar-refractivity contribution in [3.8, 4) is 5.95 Å². The van der Waals surface area contributed by atoms with Crippen molar-refractivity contribution in [1.82, 2.24) is 29.5 Å². The van der Waals surface area contributed by atoms with Crippen LogP contribution in [0.15, 0.2) is 39.8 Å². The summed E-state index contributed by atoms with van der Waals surface area (Å²) in [7, 11) is 0. The maximum Gasteiger partial charge on any atom is 0.263 e. The minimum Gasteiger partial charge on any atom is -0.439 e. The molecule has 0 spiro atoms. The Morgan fingerprint density at radius 2 is 2.16 bits per heavy atom. The van der Waals surface area contributed by atoms with Crippen LogP contribution in [0.4, 0.5) is 0 Å². The fourth-order valence-electron chi connectivity index (χ4n) is 1.32. The van der Waals surface area contributed by atoms with E-state index in [2.05, 4.69) is 24.9 Å². The van der Waals surface area contributed by atoms with Gasteiger partial charge in [0.25, 0.3) is 5.22 Å². The molecule has 0 aliphatic heterocycles. The van der Waals surface area contributed by atoms with Crippen LogP contribution in [0.2, 0.25) is 5.28 Å². The molecule has 7 nitrogen and oxygen atoms in total. The van der Waals surface area contributed by atoms with Crippen molar-refractivity contribution in [3.63, 3.8) is 0 Å². The summed E-state index contributed by atoms with van der Waals surface area (Å²) in [6, 6.07) is 0. The molecule has 0 saturated carbocycles. The van der Waals surface area contributed by atoms with Crippen molar-refractivity contribution in [2.45, 2.75) is 17.3 Å². The van der Waals surface area contributed by atoms with Crippen LogP contribution in [0.5, 0.6) is 0 Å². The van der Waals surface area contributed by atoms with E-state index in [4.69, 9.17) is 16.0 Å². The molecule has 3 heterocycles. The van der Waals surface area contributed by atoms with Crippen LogP contribution in [0, 0.1) is 6.92 Å². The van der Waals surface area contributed by atoms with E-state index in [1.54, 1.807) is 29.6 Å². The Labute approximate surface area is 117 Å². The zero-order chi connectivity index (χ0) is 13.2. The normalized spacial score (nSPS) is 10.8.